The fourth-order valence-electron chi connectivity index (χ4n) is 2.81. The summed E-state index contributed by atoms with van der Waals surface area (Å²) < 4.78 is 19.9. The van der Waals surface area contributed by atoms with Gasteiger partial charge in [0.05, 0.1) is 7.11 Å². The highest BCUT2D eigenvalue weighted by Crippen LogP contribution is 2.14. The molecular formula is C25H39NO8. The van der Waals surface area contributed by atoms with E-state index in [0.717, 1.165) is 44.1 Å². The van der Waals surface area contributed by atoms with Crippen LogP contribution in [-0.4, -0.2) is 67.2 Å². The Morgan fingerprint density at radius 1 is 1.09 bits per heavy atom. The first kappa shape index (κ1) is 30.9. The number of esters is 3. The van der Waals surface area contributed by atoms with Crippen LogP contribution < -0.4 is 0 Å². The second-order valence-electron chi connectivity index (χ2n) is 8.61. The summed E-state index contributed by atoms with van der Waals surface area (Å²) in [5, 5.41) is 0. The first-order valence-corrected chi connectivity index (χ1v) is 11.2. The molecule has 0 saturated heterocycles. The van der Waals surface area contributed by atoms with Crippen LogP contribution in [0, 0.1) is 0 Å². The minimum absolute atomic E-state index is 0.566. The molecule has 2 atom stereocenters. The molecule has 0 saturated carbocycles. The fraction of sp³-hybridized carbons (Fsp3) is 0.600. The monoisotopic (exact) mass is 481 g/mol. The Bertz CT molecular complexity index is 776. The molecular weight excluding hydrogens is 442 g/mol. The number of rotatable bonds is 10. The molecule has 0 aliphatic heterocycles. The van der Waals surface area contributed by atoms with Crippen LogP contribution >= 0.6 is 0 Å². The van der Waals surface area contributed by atoms with Crippen molar-refractivity contribution in [2.24, 2.45) is 0 Å². The number of allylic oxidation sites excluding steroid dienone is 3. The van der Waals surface area contributed by atoms with Crippen molar-refractivity contribution in [3.8, 4) is 0 Å². The van der Waals surface area contributed by atoms with Crippen LogP contribution in [-0.2, 0) is 38.1 Å². The normalized spacial score (nSPS) is 14.6. The zero-order valence-corrected chi connectivity index (χ0v) is 21.6. The van der Waals surface area contributed by atoms with Gasteiger partial charge in [-0.1, -0.05) is 19.1 Å². The molecule has 1 aliphatic carbocycles. The molecule has 0 bridgehead atoms. The smallest absolute Gasteiger partial charge is 0.351 e. The third-order valence-corrected chi connectivity index (χ3v) is 4.15. The summed E-state index contributed by atoms with van der Waals surface area (Å²) in [4.78, 5) is 46.2. The zero-order chi connectivity index (χ0) is 26.3. The molecule has 0 aromatic heterocycles. The molecule has 0 heterocycles. The summed E-state index contributed by atoms with van der Waals surface area (Å²) in [5.74, 6) is -1.08. The highest BCUT2D eigenvalue weighted by Gasteiger charge is 2.34. The molecule has 192 valence electrons. The zero-order valence-electron chi connectivity index (χ0n) is 21.6. The van der Waals surface area contributed by atoms with Crippen LogP contribution in [0.1, 0.15) is 61.3 Å². The van der Waals surface area contributed by atoms with Crippen LogP contribution in [0.15, 0.2) is 35.6 Å². The average Bonchev–Trinajstić information content (AvgIpc) is 2.95. The first-order valence-electron chi connectivity index (χ1n) is 11.2. The number of carbonyl (C=O) groups excluding carboxylic acids is 4. The predicted molar refractivity (Wildman–Crippen MR) is 127 cm³/mol. The van der Waals surface area contributed by atoms with Crippen LogP contribution in [0.4, 0.5) is 0 Å². The van der Waals surface area contributed by atoms with E-state index in [1.807, 2.05) is 18.2 Å². The van der Waals surface area contributed by atoms with E-state index in [4.69, 9.17) is 18.9 Å². The van der Waals surface area contributed by atoms with Gasteiger partial charge in [0.2, 0.25) is 12.5 Å². The minimum atomic E-state index is -1.26. The molecule has 0 aromatic rings. The Kier molecular flexibility index (Phi) is 14.3. The molecule has 1 aliphatic rings. The Morgan fingerprint density at radius 2 is 1.71 bits per heavy atom. The molecule has 9 heteroatoms. The van der Waals surface area contributed by atoms with Crippen molar-refractivity contribution in [1.82, 2.24) is 4.90 Å². The quantitative estimate of drug-likeness (QED) is 0.265. The van der Waals surface area contributed by atoms with Gasteiger partial charge in [0.1, 0.15) is 17.5 Å². The van der Waals surface area contributed by atoms with Gasteiger partial charge in [-0.2, -0.15) is 0 Å². The van der Waals surface area contributed by atoms with Gasteiger partial charge in [-0.15, -0.1) is 0 Å². The van der Waals surface area contributed by atoms with Crippen LogP contribution in [0.5, 0.6) is 0 Å². The van der Waals surface area contributed by atoms with Crippen LogP contribution in [0.2, 0.25) is 0 Å². The molecule has 34 heavy (non-hydrogen) atoms. The number of hydrogen-bond acceptors (Lipinski definition) is 8. The lowest BCUT2D eigenvalue weighted by molar-refractivity contribution is -0.186. The number of carbonyl (C=O) groups is 4. The summed E-state index contributed by atoms with van der Waals surface area (Å²) in [6.45, 7) is 12.4. The second-order valence-corrected chi connectivity index (χ2v) is 8.61. The van der Waals surface area contributed by atoms with Crippen LogP contribution in [0.3, 0.4) is 0 Å². The Labute approximate surface area is 202 Å². The molecule has 2 unspecified atom stereocenters. The highest BCUT2D eigenvalue weighted by molar-refractivity contribution is 5.80. The van der Waals surface area contributed by atoms with E-state index in [0.29, 0.717) is 6.54 Å². The third kappa shape index (κ3) is 14.1. The molecule has 0 aromatic carbocycles. The van der Waals surface area contributed by atoms with E-state index in [2.05, 4.69) is 13.0 Å². The van der Waals surface area contributed by atoms with E-state index >= 15 is 0 Å². The summed E-state index contributed by atoms with van der Waals surface area (Å²) in [7, 11) is 1.66. The third-order valence-electron chi connectivity index (χ3n) is 4.15. The summed E-state index contributed by atoms with van der Waals surface area (Å²) in [5.41, 5.74) is 0.440. The first-order chi connectivity index (χ1) is 15.8. The van der Waals surface area contributed by atoms with Crippen molar-refractivity contribution >= 4 is 24.3 Å². The van der Waals surface area contributed by atoms with Crippen molar-refractivity contribution in [3.63, 3.8) is 0 Å². The van der Waals surface area contributed by atoms with Crippen LogP contribution in [0.25, 0.3) is 0 Å². The van der Waals surface area contributed by atoms with E-state index in [1.54, 1.807) is 32.8 Å². The number of hydrogen-bond donors (Lipinski definition) is 0. The van der Waals surface area contributed by atoms with Gasteiger partial charge in [0.15, 0.2) is 0 Å². The summed E-state index contributed by atoms with van der Waals surface area (Å²) in [6.07, 6.45) is 8.67. The SMILES string of the molecule is CC(=O)OC(C)C(OC(C)=O)C(=O)OC(C)(C)C.CCCN(C=O)CC1=CCC=C(OC)C=C1. The van der Waals surface area contributed by atoms with Gasteiger partial charge >= 0.3 is 17.9 Å². The van der Waals surface area contributed by atoms with Gasteiger partial charge in [0.25, 0.3) is 0 Å². The number of amides is 1. The maximum Gasteiger partial charge on any atom is 0.351 e. The van der Waals surface area contributed by atoms with Crippen molar-refractivity contribution in [1.29, 1.82) is 0 Å². The molecule has 1 amide bonds. The molecule has 0 N–H and O–H groups in total. The molecule has 0 radical (unpaired) electrons. The molecule has 0 spiro atoms. The van der Waals surface area contributed by atoms with E-state index in [9.17, 15) is 19.2 Å². The van der Waals surface area contributed by atoms with E-state index < -0.39 is 35.7 Å². The topological polar surface area (TPSA) is 108 Å². The van der Waals surface area contributed by atoms with Crippen molar-refractivity contribution in [2.45, 2.75) is 79.1 Å². The maximum absolute atomic E-state index is 11.8. The van der Waals surface area contributed by atoms with Crippen molar-refractivity contribution in [3.05, 3.63) is 35.6 Å². The number of methoxy groups -OCH3 is 1. The second kappa shape index (κ2) is 15.7. The van der Waals surface area contributed by atoms with Gasteiger partial charge in [-0.25, -0.2) is 4.79 Å². The lowest BCUT2D eigenvalue weighted by Crippen LogP contribution is -2.42. The van der Waals surface area contributed by atoms with Gasteiger partial charge in [-0.05, 0) is 58.3 Å². The Hall–Kier alpha value is -3.10. The lowest BCUT2D eigenvalue weighted by atomic mass is 10.1. The standard InChI is InChI=1S/C13H19NO2.C12H20O6/c1-3-9-14(11-15)10-12-5-4-6-13(16-2)8-7-12;1-7(16-8(2)13)10(17-9(3)14)11(15)18-12(4,5)6/h5-8,11H,3-4,9-10H2,1-2H3;7,10H,1-6H3. The largest absolute Gasteiger partial charge is 0.497 e. The maximum atomic E-state index is 11.8. The Balaban J connectivity index is 0.000000644. The predicted octanol–water partition coefficient (Wildman–Crippen LogP) is 3.48. The average molecular weight is 482 g/mol. The molecule has 0 fully saturated rings. The highest BCUT2D eigenvalue weighted by atomic mass is 16.6. The Morgan fingerprint density at radius 3 is 2.18 bits per heavy atom. The number of nitrogens with zero attached hydrogens (tertiary/aromatic N) is 1. The van der Waals surface area contributed by atoms with Gasteiger partial charge in [-0.3, -0.25) is 14.4 Å². The molecule has 9 nitrogen and oxygen atoms in total. The summed E-state index contributed by atoms with van der Waals surface area (Å²) in [6, 6.07) is 0. The van der Waals surface area contributed by atoms with E-state index in [1.165, 1.54) is 13.8 Å². The van der Waals surface area contributed by atoms with Crippen molar-refractivity contribution in [2.75, 3.05) is 20.2 Å². The molecule has 1 rings (SSSR count). The fourth-order valence-corrected chi connectivity index (χ4v) is 2.81. The summed E-state index contributed by atoms with van der Waals surface area (Å²) >= 11 is 0. The lowest BCUT2D eigenvalue weighted by Gasteiger charge is -2.26. The minimum Gasteiger partial charge on any atom is -0.497 e. The van der Waals surface area contributed by atoms with Crippen molar-refractivity contribution < 1.29 is 38.1 Å². The number of ether oxygens (including phenoxy) is 4. The van der Waals surface area contributed by atoms with Gasteiger partial charge in [0, 0.05) is 26.9 Å². The van der Waals surface area contributed by atoms with Gasteiger partial charge < -0.3 is 23.8 Å². The van der Waals surface area contributed by atoms with E-state index in [-0.39, 0.29) is 0 Å².